The largest absolute Gasteiger partial charge is 0.496 e. The summed E-state index contributed by atoms with van der Waals surface area (Å²) in [6, 6.07) is 2.89. The van der Waals surface area contributed by atoms with Crippen LogP contribution in [0.1, 0.15) is 15.9 Å². The molecule has 1 rings (SSSR count). The highest BCUT2D eigenvalue weighted by Gasteiger charge is 2.22. The fraction of sp³-hybridized carbons (Fsp3) is 0.300. The summed E-state index contributed by atoms with van der Waals surface area (Å²) in [6.45, 7) is 1.78. The lowest BCUT2D eigenvalue weighted by Gasteiger charge is -2.09. The van der Waals surface area contributed by atoms with Gasteiger partial charge in [-0.3, -0.25) is 4.79 Å². The van der Waals surface area contributed by atoms with Gasteiger partial charge in [-0.15, -0.1) is 0 Å². The number of hydrogen-bond acceptors (Lipinski definition) is 2. The van der Waals surface area contributed by atoms with Crippen molar-refractivity contribution in [2.45, 2.75) is 13.3 Å². The fourth-order valence-corrected chi connectivity index (χ4v) is 1.48. The average molecular weight is 279 g/mol. The zero-order valence-corrected chi connectivity index (χ0v) is 9.77. The van der Waals surface area contributed by atoms with Crippen LogP contribution in [-0.4, -0.2) is 19.3 Å². The van der Waals surface area contributed by atoms with Crippen LogP contribution in [0.2, 0.25) is 0 Å². The molecule has 15 heavy (non-hydrogen) atoms. The van der Waals surface area contributed by atoms with Crippen LogP contribution in [0.5, 0.6) is 5.75 Å². The van der Waals surface area contributed by atoms with Gasteiger partial charge in [0.15, 0.2) is 0 Å². The summed E-state index contributed by atoms with van der Waals surface area (Å²) in [5.74, 6) is -1.06. The third-order valence-electron chi connectivity index (χ3n) is 1.94. The molecule has 82 valence electrons. The smallest absolute Gasteiger partial charge is 0.300 e. The lowest BCUT2D eigenvalue weighted by molar-refractivity contribution is 0.0675. The number of carbonyl (C=O) groups excluding carboxylic acids is 1. The molecule has 0 amide bonds. The number of Topliss-reactive ketones (excluding diaryl/α,β-unsaturated/α-hetero) is 1. The number of ketones is 1. The molecule has 0 unspecified atom stereocenters. The number of methoxy groups -OCH3 is 1. The number of ether oxygens (including phenoxy) is 1. The maximum atomic E-state index is 12.2. The maximum absolute atomic E-state index is 12.2. The SMILES string of the molecule is COc1cc(C)c(Br)cc1C(=O)C(F)F. The molecule has 0 atom stereocenters. The molecule has 0 saturated carbocycles. The van der Waals surface area contributed by atoms with E-state index >= 15 is 0 Å². The Bertz CT molecular complexity index is 391. The van der Waals surface area contributed by atoms with Crippen molar-refractivity contribution in [3.8, 4) is 5.75 Å². The van der Waals surface area contributed by atoms with Crippen LogP contribution in [0, 0.1) is 6.92 Å². The third kappa shape index (κ3) is 2.53. The zero-order valence-electron chi connectivity index (χ0n) is 8.18. The van der Waals surface area contributed by atoms with Crippen LogP contribution in [0.3, 0.4) is 0 Å². The van der Waals surface area contributed by atoms with Gasteiger partial charge >= 0.3 is 6.43 Å². The van der Waals surface area contributed by atoms with Crippen LogP contribution in [-0.2, 0) is 0 Å². The summed E-state index contributed by atoms with van der Waals surface area (Å²) in [7, 11) is 1.34. The minimum absolute atomic E-state index is 0.107. The molecule has 1 aromatic carbocycles. The van der Waals surface area contributed by atoms with Gasteiger partial charge in [-0.1, -0.05) is 15.9 Å². The van der Waals surface area contributed by atoms with Gasteiger partial charge in [0.25, 0.3) is 0 Å². The van der Waals surface area contributed by atoms with Crippen molar-refractivity contribution in [2.75, 3.05) is 7.11 Å². The van der Waals surface area contributed by atoms with Gasteiger partial charge < -0.3 is 4.74 Å². The molecule has 5 heteroatoms. The first-order valence-electron chi connectivity index (χ1n) is 4.14. The lowest BCUT2D eigenvalue weighted by atomic mass is 10.1. The topological polar surface area (TPSA) is 26.3 Å². The van der Waals surface area contributed by atoms with Crippen molar-refractivity contribution in [2.24, 2.45) is 0 Å². The fourth-order valence-electron chi connectivity index (χ4n) is 1.13. The van der Waals surface area contributed by atoms with Crippen molar-refractivity contribution in [1.82, 2.24) is 0 Å². The van der Waals surface area contributed by atoms with E-state index in [0.29, 0.717) is 4.47 Å². The second-order valence-electron chi connectivity index (χ2n) is 2.97. The first kappa shape index (κ1) is 12.1. The Labute approximate surface area is 94.4 Å². The number of rotatable bonds is 3. The number of alkyl halides is 2. The van der Waals surface area contributed by atoms with Crippen LogP contribution >= 0.6 is 15.9 Å². The van der Waals surface area contributed by atoms with Gasteiger partial charge in [-0.25, -0.2) is 8.78 Å². The summed E-state index contributed by atoms with van der Waals surface area (Å²) in [4.78, 5) is 11.1. The van der Waals surface area contributed by atoms with Gasteiger partial charge in [0, 0.05) is 4.47 Å². The number of aryl methyl sites for hydroxylation is 1. The summed E-state index contributed by atoms with van der Waals surface area (Å²) in [5, 5.41) is 0. The Morgan fingerprint density at radius 2 is 2.07 bits per heavy atom. The Kier molecular flexibility index (Phi) is 3.79. The van der Waals surface area contributed by atoms with Crippen molar-refractivity contribution >= 4 is 21.7 Å². The van der Waals surface area contributed by atoms with Gasteiger partial charge in [0.05, 0.1) is 12.7 Å². The van der Waals surface area contributed by atoms with Gasteiger partial charge in [-0.05, 0) is 24.6 Å². The molecular weight excluding hydrogens is 270 g/mol. The predicted octanol–water partition coefficient (Wildman–Crippen LogP) is 3.21. The predicted molar refractivity (Wildman–Crippen MR) is 55.8 cm³/mol. The number of hydrogen-bond donors (Lipinski definition) is 0. The molecule has 0 aliphatic heterocycles. The molecular formula is C10H9BrF2O2. The first-order valence-corrected chi connectivity index (χ1v) is 4.93. The number of halogens is 3. The van der Waals surface area contributed by atoms with Crippen molar-refractivity contribution < 1.29 is 18.3 Å². The van der Waals surface area contributed by atoms with E-state index in [9.17, 15) is 13.6 Å². The van der Waals surface area contributed by atoms with Crippen molar-refractivity contribution in [1.29, 1.82) is 0 Å². The summed E-state index contributed by atoms with van der Waals surface area (Å²) < 4.78 is 30.0. The van der Waals surface area contributed by atoms with Gasteiger partial charge in [0.2, 0.25) is 5.78 Å². The summed E-state index contributed by atoms with van der Waals surface area (Å²) in [5.41, 5.74) is 0.711. The molecule has 2 nitrogen and oxygen atoms in total. The Balaban J connectivity index is 3.27. The molecule has 0 aromatic heterocycles. The standard InChI is InChI=1S/C10H9BrF2O2/c1-5-3-8(15-2)6(4-7(5)11)9(14)10(12)13/h3-4,10H,1-2H3. The monoisotopic (exact) mass is 278 g/mol. The van der Waals surface area contributed by atoms with E-state index in [0.717, 1.165) is 5.56 Å². The first-order chi connectivity index (χ1) is 6.97. The lowest BCUT2D eigenvalue weighted by Crippen LogP contribution is -2.12. The summed E-state index contributed by atoms with van der Waals surface area (Å²) in [6.07, 6.45) is -3.02. The van der Waals surface area contributed by atoms with E-state index in [1.165, 1.54) is 13.2 Å². The molecule has 0 bridgehead atoms. The van der Waals surface area contributed by atoms with Gasteiger partial charge in [0.1, 0.15) is 5.75 Å². The van der Waals surface area contributed by atoms with Crippen LogP contribution < -0.4 is 4.74 Å². The second kappa shape index (κ2) is 4.70. The molecule has 0 saturated heterocycles. The average Bonchev–Trinajstić information content (AvgIpc) is 2.20. The van der Waals surface area contributed by atoms with E-state index in [2.05, 4.69) is 15.9 Å². The van der Waals surface area contributed by atoms with Crippen LogP contribution in [0.15, 0.2) is 16.6 Å². The quantitative estimate of drug-likeness (QED) is 0.794. The number of carbonyl (C=O) groups is 1. The van der Waals surface area contributed by atoms with Crippen LogP contribution in [0.4, 0.5) is 8.78 Å². The molecule has 0 fully saturated rings. The Hall–Kier alpha value is -0.970. The summed E-state index contributed by atoms with van der Waals surface area (Å²) >= 11 is 3.17. The second-order valence-corrected chi connectivity index (χ2v) is 3.82. The highest BCUT2D eigenvalue weighted by atomic mass is 79.9. The highest BCUT2D eigenvalue weighted by molar-refractivity contribution is 9.10. The Morgan fingerprint density at radius 1 is 1.47 bits per heavy atom. The van der Waals surface area contributed by atoms with Crippen LogP contribution in [0.25, 0.3) is 0 Å². The van der Waals surface area contributed by atoms with Gasteiger partial charge in [-0.2, -0.15) is 0 Å². The molecule has 0 heterocycles. The molecule has 0 aliphatic carbocycles. The minimum Gasteiger partial charge on any atom is -0.496 e. The van der Waals surface area contributed by atoms with E-state index in [4.69, 9.17) is 4.74 Å². The number of benzene rings is 1. The van der Waals surface area contributed by atoms with E-state index in [-0.39, 0.29) is 11.3 Å². The highest BCUT2D eigenvalue weighted by Crippen LogP contribution is 2.28. The zero-order chi connectivity index (χ0) is 11.6. The molecule has 1 aromatic rings. The minimum atomic E-state index is -3.02. The van der Waals surface area contributed by atoms with Crippen molar-refractivity contribution in [3.63, 3.8) is 0 Å². The maximum Gasteiger partial charge on any atom is 0.300 e. The molecule has 0 aliphatic rings. The Morgan fingerprint density at radius 3 is 2.53 bits per heavy atom. The molecule has 0 N–H and O–H groups in total. The molecule has 0 radical (unpaired) electrons. The van der Waals surface area contributed by atoms with Crippen molar-refractivity contribution in [3.05, 3.63) is 27.7 Å². The van der Waals surface area contributed by atoms with E-state index in [1.54, 1.807) is 13.0 Å². The third-order valence-corrected chi connectivity index (χ3v) is 2.80. The van der Waals surface area contributed by atoms with E-state index < -0.39 is 12.2 Å². The normalized spacial score (nSPS) is 10.5. The molecule has 0 spiro atoms. The van der Waals surface area contributed by atoms with E-state index in [1.807, 2.05) is 0 Å².